The number of alkyl halides is 1. The molecular weight excluding hydrogens is 284 g/mol. The number of carbonyl (C=O) groups excluding carboxylic acids is 1. The molecule has 1 aromatic heterocycles. The minimum atomic E-state index is -0.0373. The van der Waals surface area contributed by atoms with Crippen LogP contribution in [0.1, 0.15) is 35.8 Å². The van der Waals surface area contributed by atoms with Gasteiger partial charge in [-0.2, -0.15) is 0 Å². The van der Waals surface area contributed by atoms with Crippen molar-refractivity contribution >= 4 is 28.4 Å². The van der Waals surface area contributed by atoms with Gasteiger partial charge in [0.2, 0.25) is 0 Å². The largest absolute Gasteiger partial charge is 0.352 e. The number of halogens is 1. The summed E-state index contributed by atoms with van der Waals surface area (Å²) in [7, 11) is 0. The number of carbonyl (C=O) groups is 1. The standard InChI is InChI=1S/C17H21ClN2O/c1-3-13(8-9-18)11-19-17(21)15-10-12(2)20-16-7-5-4-6-14(15)16/h4-7,10,13H,3,8-9,11H2,1-2H3,(H,19,21). The molecule has 0 radical (unpaired) electrons. The molecule has 112 valence electrons. The predicted octanol–water partition coefficient (Wildman–Crippen LogP) is 3.93. The molecule has 2 rings (SSSR count). The van der Waals surface area contributed by atoms with E-state index < -0.39 is 0 Å². The van der Waals surface area contributed by atoms with Crippen molar-refractivity contribution in [2.24, 2.45) is 5.92 Å². The Hall–Kier alpha value is -1.61. The maximum Gasteiger partial charge on any atom is 0.252 e. The number of benzene rings is 1. The highest BCUT2D eigenvalue weighted by Gasteiger charge is 2.13. The van der Waals surface area contributed by atoms with Gasteiger partial charge in [-0.1, -0.05) is 31.5 Å². The minimum absolute atomic E-state index is 0.0373. The van der Waals surface area contributed by atoms with Crippen LogP contribution in [0.15, 0.2) is 30.3 Å². The van der Waals surface area contributed by atoms with E-state index in [-0.39, 0.29) is 5.91 Å². The molecule has 0 aliphatic heterocycles. The van der Waals surface area contributed by atoms with Crippen molar-refractivity contribution in [1.82, 2.24) is 10.3 Å². The number of fused-ring (bicyclic) bond motifs is 1. The first-order valence-electron chi connectivity index (χ1n) is 7.36. The zero-order chi connectivity index (χ0) is 15.2. The van der Waals surface area contributed by atoms with E-state index in [0.29, 0.717) is 23.9 Å². The van der Waals surface area contributed by atoms with Gasteiger partial charge in [0.05, 0.1) is 11.1 Å². The van der Waals surface area contributed by atoms with Crippen LogP contribution >= 0.6 is 11.6 Å². The lowest BCUT2D eigenvalue weighted by molar-refractivity contribution is 0.0948. The van der Waals surface area contributed by atoms with Gasteiger partial charge in [-0.15, -0.1) is 11.6 Å². The van der Waals surface area contributed by atoms with Crippen LogP contribution in [-0.2, 0) is 0 Å². The van der Waals surface area contributed by atoms with E-state index in [9.17, 15) is 4.79 Å². The fourth-order valence-corrected chi connectivity index (χ4v) is 2.74. The maximum atomic E-state index is 12.5. The van der Waals surface area contributed by atoms with Crippen LogP contribution in [0.5, 0.6) is 0 Å². The quantitative estimate of drug-likeness (QED) is 0.822. The lowest BCUT2D eigenvalue weighted by Crippen LogP contribution is -2.29. The second kappa shape index (κ2) is 7.41. The molecule has 21 heavy (non-hydrogen) atoms. The molecule has 4 heteroatoms. The average Bonchev–Trinajstić information content (AvgIpc) is 2.50. The van der Waals surface area contributed by atoms with E-state index >= 15 is 0 Å². The van der Waals surface area contributed by atoms with Crippen LogP contribution in [0.25, 0.3) is 10.9 Å². The van der Waals surface area contributed by atoms with Gasteiger partial charge in [0, 0.05) is 23.5 Å². The van der Waals surface area contributed by atoms with Gasteiger partial charge in [0.15, 0.2) is 0 Å². The van der Waals surface area contributed by atoms with E-state index in [0.717, 1.165) is 29.4 Å². The summed E-state index contributed by atoms with van der Waals surface area (Å²) in [6, 6.07) is 9.58. The number of hydrogen-bond acceptors (Lipinski definition) is 2. The topological polar surface area (TPSA) is 42.0 Å². The van der Waals surface area contributed by atoms with E-state index in [1.54, 1.807) is 0 Å². The van der Waals surface area contributed by atoms with Gasteiger partial charge in [0.1, 0.15) is 0 Å². The van der Waals surface area contributed by atoms with Crippen LogP contribution in [0.4, 0.5) is 0 Å². The number of aromatic nitrogens is 1. The van der Waals surface area contributed by atoms with Gasteiger partial charge in [-0.25, -0.2) is 0 Å². The van der Waals surface area contributed by atoms with Gasteiger partial charge >= 0.3 is 0 Å². The summed E-state index contributed by atoms with van der Waals surface area (Å²) in [5.41, 5.74) is 2.40. The summed E-state index contributed by atoms with van der Waals surface area (Å²) in [6.45, 7) is 4.69. The predicted molar refractivity (Wildman–Crippen MR) is 87.9 cm³/mol. The van der Waals surface area contributed by atoms with Crippen molar-refractivity contribution in [2.45, 2.75) is 26.7 Å². The van der Waals surface area contributed by atoms with Crippen molar-refractivity contribution in [3.05, 3.63) is 41.6 Å². The molecule has 1 heterocycles. The smallest absolute Gasteiger partial charge is 0.252 e. The number of hydrogen-bond donors (Lipinski definition) is 1. The number of nitrogens with one attached hydrogen (secondary N) is 1. The second-order valence-electron chi connectivity index (χ2n) is 5.29. The minimum Gasteiger partial charge on any atom is -0.352 e. The lowest BCUT2D eigenvalue weighted by atomic mass is 10.0. The summed E-state index contributed by atoms with van der Waals surface area (Å²) in [4.78, 5) is 16.9. The molecule has 3 nitrogen and oxygen atoms in total. The molecule has 0 saturated carbocycles. The SMILES string of the molecule is CCC(CCCl)CNC(=O)c1cc(C)nc2ccccc12. The Morgan fingerprint density at radius 2 is 2.14 bits per heavy atom. The first kappa shape index (κ1) is 15.8. The van der Waals surface area contributed by atoms with E-state index in [2.05, 4.69) is 17.2 Å². The van der Waals surface area contributed by atoms with E-state index in [1.807, 2.05) is 37.3 Å². The van der Waals surface area contributed by atoms with Crippen LogP contribution in [-0.4, -0.2) is 23.3 Å². The molecule has 0 saturated heterocycles. The Morgan fingerprint density at radius 1 is 1.38 bits per heavy atom. The highest BCUT2D eigenvalue weighted by Crippen LogP contribution is 2.18. The number of para-hydroxylation sites is 1. The first-order chi connectivity index (χ1) is 10.2. The summed E-state index contributed by atoms with van der Waals surface area (Å²) < 4.78 is 0. The zero-order valence-electron chi connectivity index (χ0n) is 12.5. The monoisotopic (exact) mass is 304 g/mol. The van der Waals surface area contributed by atoms with Crippen molar-refractivity contribution in [3.8, 4) is 0 Å². The Bertz CT molecular complexity index is 627. The van der Waals surface area contributed by atoms with Gasteiger partial charge < -0.3 is 5.32 Å². The molecular formula is C17H21ClN2O. The van der Waals surface area contributed by atoms with Crippen LogP contribution in [0, 0.1) is 12.8 Å². The van der Waals surface area contributed by atoms with Crippen molar-refractivity contribution < 1.29 is 4.79 Å². The molecule has 1 amide bonds. The number of nitrogens with zero attached hydrogens (tertiary/aromatic N) is 1. The van der Waals surface area contributed by atoms with Gasteiger partial charge in [0.25, 0.3) is 5.91 Å². The molecule has 0 fully saturated rings. The highest BCUT2D eigenvalue weighted by molar-refractivity contribution is 6.17. The zero-order valence-corrected chi connectivity index (χ0v) is 13.3. The Kier molecular flexibility index (Phi) is 5.57. The number of aryl methyl sites for hydroxylation is 1. The fraction of sp³-hybridized carbons (Fsp3) is 0.412. The summed E-state index contributed by atoms with van der Waals surface area (Å²) in [6.07, 6.45) is 1.94. The van der Waals surface area contributed by atoms with Crippen LogP contribution in [0.3, 0.4) is 0 Å². The average molecular weight is 305 g/mol. The van der Waals surface area contributed by atoms with Crippen molar-refractivity contribution in [3.63, 3.8) is 0 Å². The molecule has 1 atom stereocenters. The third kappa shape index (κ3) is 3.94. The van der Waals surface area contributed by atoms with Crippen LogP contribution < -0.4 is 5.32 Å². The lowest BCUT2D eigenvalue weighted by Gasteiger charge is -2.15. The molecule has 1 aromatic carbocycles. The van der Waals surface area contributed by atoms with Crippen molar-refractivity contribution in [2.75, 3.05) is 12.4 Å². The number of pyridine rings is 1. The first-order valence-corrected chi connectivity index (χ1v) is 7.89. The number of rotatable bonds is 6. The number of amides is 1. The Balaban J connectivity index is 2.19. The molecule has 1 unspecified atom stereocenters. The molecule has 0 bridgehead atoms. The molecule has 2 aromatic rings. The Morgan fingerprint density at radius 3 is 2.86 bits per heavy atom. The molecule has 1 N–H and O–H groups in total. The third-order valence-electron chi connectivity index (χ3n) is 3.73. The maximum absolute atomic E-state index is 12.5. The van der Waals surface area contributed by atoms with Crippen LogP contribution in [0.2, 0.25) is 0 Å². The molecule has 0 aliphatic rings. The Labute approximate surface area is 130 Å². The van der Waals surface area contributed by atoms with Crippen molar-refractivity contribution in [1.29, 1.82) is 0 Å². The summed E-state index contributed by atoms with van der Waals surface area (Å²) >= 11 is 5.79. The highest BCUT2D eigenvalue weighted by atomic mass is 35.5. The molecule has 0 aliphatic carbocycles. The summed E-state index contributed by atoms with van der Waals surface area (Å²) in [5, 5.41) is 3.92. The summed E-state index contributed by atoms with van der Waals surface area (Å²) in [5.74, 6) is 1.02. The van der Waals surface area contributed by atoms with Gasteiger partial charge in [-0.05, 0) is 31.4 Å². The van der Waals surface area contributed by atoms with E-state index in [4.69, 9.17) is 11.6 Å². The molecule has 0 spiro atoms. The second-order valence-corrected chi connectivity index (χ2v) is 5.67. The van der Waals surface area contributed by atoms with E-state index in [1.165, 1.54) is 0 Å². The van der Waals surface area contributed by atoms with Gasteiger partial charge in [-0.3, -0.25) is 9.78 Å². The third-order valence-corrected chi connectivity index (χ3v) is 3.95. The normalized spacial score (nSPS) is 12.3. The fourth-order valence-electron chi connectivity index (χ4n) is 2.43.